The summed E-state index contributed by atoms with van der Waals surface area (Å²) in [4.78, 5) is 0. The highest BCUT2D eigenvalue weighted by atomic mass is 19.1. The van der Waals surface area contributed by atoms with E-state index in [1.807, 2.05) is 0 Å². The monoisotopic (exact) mass is 236 g/mol. The third kappa shape index (κ3) is 2.90. The normalized spacial score (nSPS) is 29.0. The number of halogens is 1. The molecule has 0 amide bonds. The summed E-state index contributed by atoms with van der Waals surface area (Å²) in [5.74, 6) is 1.27. The maximum Gasteiger partial charge on any atom is 0.125 e. The summed E-state index contributed by atoms with van der Waals surface area (Å²) in [6.07, 6.45) is 3.51. The summed E-state index contributed by atoms with van der Waals surface area (Å²) in [7, 11) is 0. The molecule has 1 aliphatic rings. The Morgan fingerprint density at radius 1 is 1.24 bits per heavy atom. The van der Waals surface area contributed by atoms with E-state index >= 15 is 0 Å². The van der Waals surface area contributed by atoms with Gasteiger partial charge in [0.15, 0.2) is 0 Å². The molecule has 0 heterocycles. The third-order valence-corrected chi connectivity index (χ3v) is 3.97. The van der Waals surface area contributed by atoms with E-state index in [2.05, 4.69) is 19.2 Å². The zero-order chi connectivity index (χ0) is 12.4. The van der Waals surface area contributed by atoms with Crippen LogP contribution in [-0.4, -0.2) is 6.04 Å². The summed E-state index contributed by atoms with van der Waals surface area (Å²) in [6.45, 7) is 4.59. The van der Waals surface area contributed by atoms with Gasteiger partial charge < -0.3 is 11.1 Å². The molecule has 3 heteroatoms. The fraction of sp³-hybridized carbons (Fsp3) is 0.571. The van der Waals surface area contributed by atoms with Gasteiger partial charge in [0, 0.05) is 6.04 Å². The van der Waals surface area contributed by atoms with Gasteiger partial charge in [-0.2, -0.15) is 0 Å². The first kappa shape index (κ1) is 12.2. The Balaban J connectivity index is 2.03. The van der Waals surface area contributed by atoms with Crippen LogP contribution in [0.4, 0.5) is 15.8 Å². The zero-order valence-electron chi connectivity index (χ0n) is 10.5. The van der Waals surface area contributed by atoms with Crippen LogP contribution in [0.25, 0.3) is 0 Å². The van der Waals surface area contributed by atoms with Crippen molar-refractivity contribution in [3.63, 3.8) is 0 Å². The van der Waals surface area contributed by atoms with Crippen molar-refractivity contribution < 1.29 is 4.39 Å². The topological polar surface area (TPSA) is 38.0 Å². The summed E-state index contributed by atoms with van der Waals surface area (Å²) >= 11 is 0. The quantitative estimate of drug-likeness (QED) is 0.769. The molecule has 1 fully saturated rings. The molecule has 1 saturated carbocycles. The van der Waals surface area contributed by atoms with Crippen molar-refractivity contribution in [3.8, 4) is 0 Å². The SMILES string of the molecule is CC1CCC(Nc2cc(F)ccc2N)CC1C. The van der Waals surface area contributed by atoms with Gasteiger partial charge in [0.05, 0.1) is 11.4 Å². The lowest BCUT2D eigenvalue weighted by molar-refractivity contribution is 0.261. The van der Waals surface area contributed by atoms with Gasteiger partial charge in [0.2, 0.25) is 0 Å². The van der Waals surface area contributed by atoms with Crippen LogP contribution in [0, 0.1) is 17.7 Å². The second kappa shape index (κ2) is 4.94. The molecule has 3 N–H and O–H groups in total. The fourth-order valence-corrected chi connectivity index (χ4v) is 2.55. The minimum Gasteiger partial charge on any atom is -0.397 e. The first-order valence-electron chi connectivity index (χ1n) is 6.38. The van der Waals surface area contributed by atoms with Crippen LogP contribution in [0.5, 0.6) is 0 Å². The van der Waals surface area contributed by atoms with Gasteiger partial charge in [-0.25, -0.2) is 4.39 Å². The van der Waals surface area contributed by atoms with Gasteiger partial charge in [0.25, 0.3) is 0 Å². The van der Waals surface area contributed by atoms with Gasteiger partial charge in [-0.05, 0) is 49.3 Å². The number of nitrogen functional groups attached to an aromatic ring is 1. The minimum absolute atomic E-state index is 0.237. The standard InChI is InChI=1S/C14H21FN2/c1-9-3-5-12(7-10(9)2)17-14-8-11(15)4-6-13(14)16/h4,6,8-10,12,17H,3,5,7,16H2,1-2H3. The first-order chi connectivity index (χ1) is 8.06. The molecule has 2 nitrogen and oxygen atoms in total. The van der Waals surface area contributed by atoms with Gasteiger partial charge in [-0.15, -0.1) is 0 Å². The van der Waals surface area contributed by atoms with Crippen LogP contribution in [0.1, 0.15) is 33.1 Å². The third-order valence-electron chi connectivity index (χ3n) is 3.97. The highest BCUT2D eigenvalue weighted by molar-refractivity contribution is 5.66. The Bertz CT molecular complexity index is 392. The van der Waals surface area contributed by atoms with E-state index in [9.17, 15) is 4.39 Å². The van der Waals surface area contributed by atoms with Crippen LogP contribution in [0.2, 0.25) is 0 Å². The van der Waals surface area contributed by atoms with E-state index in [-0.39, 0.29) is 5.82 Å². The van der Waals surface area contributed by atoms with Crippen molar-refractivity contribution in [2.24, 2.45) is 11.8 Å². The number of rotatable bonds is 2. The van der Waals surface area contributed by atoms with Crippen molar-refractivity contribution >= 4 is 11.4 Å². The Hall–Kier alpha value is -1.25. The second-order valence-electron chi connectivity index (χ2n) is 5.34. The molecule has 0 spiro atoms. The van der Waals surface area contributed by atoms with Crippen LogP contribution in [0.3, 0.4) is 0 Å². The van der Waals surface area contributed by atoms with E-state index in [1.165, 1.54) is 18.6 Å². The second-order valence-corrected chi connectivity index (χ2v) is 5.34. The molecule has 17 heavy (non-hydrogen) atoms. The van der Waals surface area contributed by atoms with Crippen molar-refractivity contribution in [1.29, 1.82) is 0 Å². The Morgan fingerprint density at radius 3 is 2.71 bits per heavy atom. The predicted molar refractivity (Wildman–Crippen MR) is 70.4 cm³/mol. The van der Waals surface area contributed by atoms with Crippen molar-refractivity contribution in [1.82, 2.24) is 0 Å². The van der Waals surface area contributed by atoms with Crippen LogP contribution in [0.15, 0.2) is 18.2 Å². The molecule has 0 aliphatic heterocycles. The Labute approximate surface area is 102 Å². The molecular weight excluding hydrogens is 215 g/mol. The summed E-state index contributed by atoms with van der Waals surface area (Å²) in [6, 6.07) is 4.92. The number of nitrogens with one attached hydrogen (secondary N) is 1. The molecule has 1 aromatic rings. The van der Waals surface area contributed by atoms with Crippen molar-refractivity contribution in [2.75, 3.05) is 11.1 Å². The average Bonchev–Trinajstić information content (AvgIpc) is 2.29. The fourth-order valence-electron chi connectivity index (χ4n) is 2.55. The van der Waals surface area contributed by atoms with Gasteiger partial charge in [0.1, 0.15) is 5.82 Å². The molecule has 3 unspecified atom stereocenters. The number of hydrogen-bond acceptors (Lipinski definition) is 2. The molecule has 0 radical (unpaired) electrons. The van der Waals surface area contributed by atoms with E-state index < -0.39 is 0 Å². The van der Waals surface area contributed by atoms with Crippen LogP contribution in [-0.2, 0) is 0 Å². The minimum atomic E-state index is -0.237. The molecule has 0 saturated heterocycles. The number of benzene rings is 1. The van der Waals surface area contributed by atoms with Gasteiger partial charge >= 0.3 is 0 Å². The largest absolute Gasteiger partial charge is 0.397 e. The van der Waals surface area contributed by atoms with Gasteiger partial charge in [-0.1, -0.05) is 13.8 Å². The lowest BCUT2D eigenvalue weighted by Crippen LogP contribution is -2.30. The highest BCUT2D eigenvalue weighted by Gasteiger charge is 2.24. The maximum atomic E-state index is 13.1. The number of hydrogen-bond donors (Lipinski definition) is 2. The van der Waals surface area contributed by atoms with E-state index in [1.54, 1.807) is 6.07 Å². The Morgan fingerprint density at radius 2 is 2.00 bits per heavy atom. The highest BCUT2D eigenvalue weighted by Crippen LogP contribution is 2.32. The van der Waals surface area contributed by atoms with E-state index in [4.69, 9.17) is 5.73 Å². The lowest BCUT2D eigenvalue weighted by atomic mass is 9.79. The zero-order valence-corrected chi connectivity index (χ0v) is 10.5. The molecule has 0 bridgehead atoms. The van der Waals surface area contributed by atoms with E-state index in [0.717, 1.165) is 30.4 Å². The molecule has 2 rings (SSSR count). The summed E-state index contributed by atoms with van der Waals surface area (Å²) in [5, 5.41) is 3.38. The predicted octanol–water partition coefficient (Wildman–Crippen LogP) is 3.64. The number of anilines is 2. The van der Waals surface area contributed by atoms with Crippen molar-refractivity contribution in [3.05, 3.63) is 24.0 Å². The van der Waals surface area contributed by atoms with Crippen LogP contribution < -0.4 is 11.1 Å². The first-order valence-corrected chi connectivity index (χ1v) is 6.38. The number of nitrogens with two attached hydrogens (primary N) is 1. The Kier molecular flexibility index (Phi) is 3.55. The average molecular weight is 236 g/mol. The molecule has 94 valence electrons. The molecular formula is C14H21FN2. The molecule has 1 aromatic carbocycles. The van der Waals surface area contributed by atoms with Crippen LogP contribution >= 0.6 is 0 Å². The van der Waals surface area contributed by atoms with Gasteiger partial charge in [-0.3, -0.25) is 0 Å². The van der Waals surface area contributed by atoms with Crippen molar-refractivity contribution in [2.45, 2.75) is 39.2 Å². The maximum absolute atomic E-state index is 13.1. The van der Waals surface area contributed by atoms with E-state index in [0.29, 0.717) is 11.7 Å². The molecule has 0 aromatic heterocycles. The summed E-state index contributed by atoms with van der Waals surface area (Å²) < 4.78 is 13.1. The smallest absolute Gasteiger partial charge is 0.125 e. The summed E-state index contributed by atoms with van der Waals surface area (Å²) in [5.41, 5.74) is 7.20. The molecule has 1 aliphatic carbocycles. The molecule has 3 atom stereocenters. The lowest BCUT2D eigenvalue weighted by Gasteiger charge is -2.33.